The Morgan fingerprint density at radius 2 is 1.90 bits per heavy atom. The van der Waals surface area contributed by atoms with Gasteiger partial charge >= 0.3 is 5.97 Å². The van der Waals surface area contributed by atoms with Crippen LogP contribution in [0.25, 0.3) is 0 Å². The van der Waals surface area contributed by atoms with Crippen molar-refractivity contribution in [1.82, 2.24) is 0 Å². The molecule has 21 heavy (non-hydrogen) atoms. The molecule has 0 aromatic heterocycles. The van der Waals surface area contributed by atoms with Crippen molar-refractivity contribution < 1.29 is 28.7 Å². The smallest absolute Gasteiger partial charge is 0.368 e. The molecule has 1 rings (SSSR count). The van der Waals surface area contributed by atoms with Crippen LogP contribution >= 0.6 is 0 Å². The average Bonchev–Trinajstić information content (AvgIpc) is 2.47. The van der Waals surface area contributed by atoms with Crippen LogP contribution in [0.5, 0.6) is 5.75 Å². The Bertz CT molecular complexity index is 460. The van der Waals surface area contributed by atoms with Crippen LogP contribution in [-0.2, 0) is 19.0 Å². The fourth-order valence-corrected chi connectivity index (χ4v) is 1.37. The molecule has 8 nitrogen and oxygen atoms in total. The molecule has 1 unspecified atom stereocenters. The van der Waals surface area contributed by atoms with E-state index in [-0.39, 0.29) is 24.7 Å². The number of nitro benzene ring substituents is 1. The second-order valence-corrected chi connectivity index (χ2v) is 3.82. The van der Waals surface area contributed by atoms with Gasteiger partial charge in [0.05, 0.1) is 18.1 Å². The Kier molecular flexibility index (Phi) is 7.30. The first-order valence-electron chi connectivity index (χ1n) is 6.26. The predicted molar refractivity (Wildman–Crippen MR) is 72.0 cm³/mol. The summed E-state index contributed by atoms with van der Waals surface area (Å²) < 4.78 is 20.2. The zero-order valence-electron chi connectivity index (χ0n) is 11.8. The molecule has 1 aromatic carbocycles. The lowest BCUT2D eigenvalue weighted by atomic mass is 10.3. The van der Waals surface area contributed by atoms with Gasteiger partial charge in [0.2, 0.25) is 0 Å². The van der Waals surface area contributed by atoms with E-state index in [9.17, 15) is 14.9 Å². The highest BCUT2D eigenvalue weighted by Crippen LogP contribution is 2.18. The van der Waals surface area contributed by atoms with Crippen LogP contribution in [0.15, 0.2) is 24.3 Å². The van der Waals surface area contributed by atoms with Crippen molar-refractivity contribution in [2.45, 2.75) is 13.2 Å². The maximum atomic E-state index is 11.9. The first-order chi connectivity index (χ1) is 10.1. The van der Waals surface area contributed by atoms with Crippen LogP contribution < -0.4 is 4.74 Å². The Morgan fingerprint density at radius 3 is 2.43 bits per heavy atom. The summed E-state index contributed by atoms with van der Waals surface area (Å²) in [5, 5.41) is 10.5. The third-order valence-corrected chi connectivity index (χ3v) is 2.33. The van der Waals surface area contributed by atoms with Gasteiger partial charge in [-0.05, 0) is 19.1 Å². The minimum atomic E-state index is -1.17. The molecule has 0 spiro atoms. The summed E-state index contributed by atoms with van der Waals surface area (Å²) in [7, 11) is 1.51. The first-order valence-corrected chi connectivity index (χ1v) is 6.26. The number of hydrogen-bond acceptors (Lipinski definition) is 7. The molecule has 0 bridgehead atoms. The maximum Gasteiger partial charge on any atom is 0.368 e. The number of carbonyl (C=O) groups excluding carboxylic acids is 1. The summed E-state index contributed by atoms with van der Waals surface area (Å²) in [5.74, 6) is -0.563. The molecular weight excluding hydrogens is 282 g/mol. The minimum Gasteiger partial charge on any atom is -0.423 e. The number of nitro groups is 1. The van der Waals surface area contributed by atoms with E-state index in [0.717, 1.165) is 0 Å². The minimum absolute atomic E-state index is 0.0903. The predicted octanol–water partition coefficient (Wildman–Crippen LogP) is 1.53. The number of hydrogen-bond donors (Lipinski definition) is 0. The summed E-state index contributed by atoms with van der Waals surface area (Å²) >= 11 is 0. The summed E-state index contributed by atoms with van der Waals surface area (Å²) in [6, 6.07) is 5.14. The van der Waals surface area contributed by atoms with E-state index >= 15 is 0 Å². The molecule has 8 heteroatoms. The SMILES string of the molecule is CCOC(OCCOC)C(=O)Oc1ccc([N+](=O)[O-])cc1. The van der Waals surface area contributed by atoms with Crippen LogP contribution in [0.4, 0.5) is 5.69 Å². The molecule has 0 radical (unpaired) electrons. The summed E-state index contributed by atoms with van der Waals surface area (Å²) in [5.41, 5.74) is -0.0903. The van der Waals surface area contributed by atoms with Gasteiger partial charge in [-0.3, -0.25) is 10.1 Å². The molecule has 0 amide bonds. The summed E-state index contributed by atoms with van der Waals surface area (Å²) in [6.07, 6.45) is -1.17. The Labute approximate surface area is 121 Å². The number of ether oxygens (including phenoxy) is 4. The van der Waals surface area contributed by atoms with Crippen molar-refractivity contribution >= 4 is 11.7 Å². The first kappa shape index (κ1) is 17.0. The second kappa shape index (κ2) is 9.01. The van der Waals surface area contributed by atoms with E-state index in [0.29, 0.717) is 6.61 Å². The normalized spacial score (nSPS) is 11.9. The molecule has 116 valence electrons. The zero-order valence-corrected chi connectivity index (χ0v) is 11.8. The molecule has 0 heterocycles. The van der Waals surface area contributed by atoms with Gasteiger partial charge in [-0.1, -0.05) is 0 Å². The number of methoxy groups -OCH3 is 1. The van der Waals surface area contributed by atoms with Crippen molar-refractivity contribution in [3.63, 3.8) is 0 Å². The van der Waals surface area contributed by atoms with Gasteiger partial charge in [-0.25, -0.2) is 4.79 Å². The quantitative estimate of drug-likeness (QED) is 0.170. The van der Waals surface area contributed by atoms with Crippen molar-refractivity contribution in [2.75, 3.05) is 26.9 Å². The van der Waals surface area contributed by atoms with E-state index < -0.39 is 17.2 Å². The van der Waals surface area contributed by atoms with Gasteiger partial charge < -0.3 is 18.9 Å². The van der Waals surface area contributed by atoms with Gasteiger partial charge in [0, 0.05) is 25.8 Å². The Hall–Kier alpha value is -2.03. The number of carbonyl (C=O) groups is 1. The van der Waals surface area contributed by atoms with Gasteiger partial charge in [0.1, 0.15) is 5.75 Å². The van der Waals surface area contributed by atoms with E-state index in [1.165, 1.54) is 31.4 Å². The van der Waals surface area contributed by atoms with Crippen molar-refractivity contribution in [2.24, 2.45) is 0 Å². The fourth-order valence-electron chi connectivity index (χ4n) is 1.37. The highest BCUT2D eigenvalue weighted by molar-refractivity contribution is 5.75. The van der Waals surface area contributed by atoms with Crippen molar-refractivity contribution in [3.05, 3.63) is 34.4 Å². The van der Waals surface area contributed by atoms with E-state index in [4.69, 9.17) is 18.9 Å². The van der Waals surface area contributed by atoms with Crippen LogP contribution in [-0.4, -0.2) is 44.1 Å². The van der Waals surface area contributed by atoms with Crippen LogP contribution in [0.2, 0.25) is 0 Å². The largest absolute Gasteiger partial charge is 0.423 e. The fraction of sp³-hybridized carbons (Fsp3) is 0.462. The maximum absolute atomic E-state index is 11.9. The van der Waals surface area contributed by atoms with Crippen LogP contribution in [0, 0.1) is 10.1 Å². The number of esters is 1. The highest BCUT2D eigenvalue weighted by Gasteiger charge is 2.22. The molecule has 0 aliphatic rings. The number of non-ortho nitro benzene ring substituents is 1. The molecule has 0 fully saturated rings. The number of benzene rings is 1. The van der Waals surface area contributed by atoms with Gasteiger partial charge in [0.25, 0.3) is 12.0 Å². The molecule has 0 saturated heterocycles. The summed E-state index contributed by atoms with van der Waals surface area (Å²) in [4.78, 5) is 21.8. The number of nitrogens with zero attached hydrogens (tertiary/aromatic N) is 1. The number of rotatable bonds is 9. The van der Waals surface area contributed by atoms with Gasteiger partial charge in [-0.15, -0.1) is 0 Å². The third-order valence-electron chi connectivity index (χ3n) is 2.33. The topological polar surface area (TPSA) is 97.1 Å². The van der Waals surface area contributed by atoms with Gasteiger partial charge in [0.15, 0.2) is 0 Å². The van der Waals surface area contributed by atoms with Crippen molar-refractivity contribution in [1.29, 1.82) is 0 Å². The van der Waals surface area contributed by atoms with Gasteiger partial charge in [-0.2, -0.15) is 0 Å². The lowest BCUT2D eigenvalue weighted by Crippen LogP contribution is -2.32. The lowest BCUT2D eigenvalue weighted by Gasteiger charge is -2.16. The molecular formula is C13H17NO7. The monoisotopic (exact) mass is 299 g/mol. The lowest BCUT2D eigenvalue weighted by molar-refractivity contribution is -0.384. The van der Waals surface area contributed by atoms with E-state index in [1.54, 1.807) is 6.92 Å². The Balaban J connectivity index is 2.60. The van der Waals surface area contributed by atoms with E-state index in [2.05, 4.69) is 0 Å². The van der Waals surface area contributed by atoms with E-state index in [1.807, 2.05) is 0 Å². The molecule has 0 saturated carbocycles. The molecule has 0 N–H and O–H groups in total. The highest BCUT2D eigenvalue weighted by atomic mass is 16.7. The van der Waals surface area contributed by atoms with Crippen LogP contribution in [0.1, 0.15) is 6.92 Å². The van der Waals surface area contributed by atoms with Crippen molar-refractivity contribution in [3.8, 4) is 5.75 Å². The molecule has 1 aromatic rings. The Morgan fingerprint density at radius 1 is 1.24 bits per heavy atom. The summed E-state index contributed by atoms with van der Waals surface area (Å²) in [6.45, 7) is 2.48. The standard InChI is InChI=1S/C13H17NO7/c1-3-19-13(20-9-8-18-2)12(15)21-11-6-4-10(5-7-11)14(16)17/h4-7,13H,3,8-9H2,1-2H3. The second-order valence-electron chi connectivity index (χ2n) is 3.82. The average molecular weight is 299 g/mol. The molecule has 0 aliphatic carbocycles. The zero-order chi connectivity index (χ0) is 15.7. The molecule has 1 atom stereocenters. The third kappa shape index (κ3) is 5.86. The molecule has 0 aliphatic heterocycles. The van der Waals surface area contributed by atoms with Crippen LogP contribution in [0.3, 0.4) is 0 Å².